The fraction of sp³-hybridized carbons (Fsp3) is 1.00. The number of alkyl halides is 9. The first kappa shape index (κ1) is 27.3. The monoisotopic (exact) mass is 929 g/mol. The highest BCUT2D eigenvalue weighted by Gasteiger charge is 2.66. The van der Waals surface area contributed by atoms with Gasteiger partial charge in [-0.05, 0) is 12.8 Å². The van der Waals surface area contributed by atoms with Crippen LogP contribution in [0.5, 0.6) is 0 Å². The molecule has 1 rings (SSSR count). The second kappa shape index (κ2) is 11.2. The van der Waals surface area contributed by atoms with E-state index in [1.807, 2.05) is 0 Å². The van der Waals surface area contributed by atoms with Crippen molar-refractivity contribution in [3.8, 4) is 0 Å². The SMILES string of the molecule is CCCCC(COC1CCCO1)C(Br)(Br)C(Br)(Br)C(Br)(Br)C(Br)(Br)Br. The van der Waals surface area contributed by atoms with Gasteiger partial charge in [-0.2, -0.15) is 0 Å². The lowest BCUT2D eigenvalue weighted by Gasteiger charge is -2.49. The van der Waals surface area contributed by atoms with Gasteiger partial charge in [-0.15, -0.1) is 0 Å². The van der Waals surface area contributed by atoms with E-state index < -0.39 is 11.8 Å². The molecule has 0 N–H and O–H groups in total. The Hall–Kier alpha value is 4.24. The Labute approximate surface area is 226 Å². The number of ether oxygens (including phenoxy) is 2. The molecule has 0 aromatic carbocycles. The fourth-order valence-corrected chi connectivity index (χ4v) is 9.10. The van der Waals surface area contributed by atoms with E-state index in [0.717, 1.165) is 38.7 Å². The first-order chi connectivity index (χ1) is 11.3. The molecule has 0 aromatic heterocycles. The van der Waals surface area contributed by atoms with E-state index in [4.69, 9.17) is 9.47 Å². The molecule has 0 amide bonds. The summed E-state index contributed by atoms with van der Waals surface area (Å²) in [4.78, 5) is 0. The molecule has 1 fully saturated rings. The molecule has 2 unspecified atom stereocenters. The minimum absolute atomic E-state index is 0.0970. The average Bonchev–Trinajstić information content (AvgIpc) is 2.98. The Kier molecular flexibility index (Phi) is 12.2. The second-order valence-electron chi connectivity index (χ2n) is 5.88. The summed E-state index contributed by atoms with van der Waals surface area (Å²) in [6.45, 7) is 3.55. The van der Waals surface area contributed by atoms with Crippen molar-refractivity contribution in [2.24, 2.45) is 5.92 Å². The lowest BCUT2D eigenvalue weighted by atomic mass is 9.96. The van der Waals surface area contributed by atoms with Gasteiger partial charge in [0.15, 0.2) is 8.43 Å². The molecule has 0 spiro atoms. The molecule has 2 atom stereocenters. The van der Waals surface area contributed by atoms with Gasteiger partial charge in [0.05, 0.1) is 6.61 Å². The fourth-order valence-electron chi connectivity index (χ4n) is 2.37. The van der Waals surface area contributed by atoms with Crippen molar-refractivity contribution in [3.63, 3.8) is 0 Å². The number of hydrogen-bond donors (Lipinski definition) is 0. The van der Waals surface area contributed by atoms with Crippen LogP contribution in [0.3, 0.4) is 0 Å². The van der Waals surface area contributed by atoms with E-state index in [2.05, 4.69) is 150 Å². The van der Waals surface area contributed by atoms with Crippen LogP contribution in [0.1, 0.15) is 39.0 Å². The zero-order valence-corrected chi connectivity index (χ0v) is 27.6. The second-order valence-corrected chi connectivity index (χ2v) is 23.1. The van der Waals surface area contributed by atoms with Gasteiger partial charge in [0.2, 0.25) is 0 Å². The van der Waals surface area contributed by atoms with Crippen LogP contribution in [0.25, 0.3) is 0 Å². The summed E-state index contributed by atoms with van der Waals surface area (Å²) in [5.74, 6) is 0.166. The van der Waals surface area contributed by atoms with Gasteiger partial charge in [0, 0.05) is 18.9 Å². The summed E-state index contributed by atoms with van der Waals surface area (Å²) in [5, 5.41) is 0. The van der Waals surface area contributed by atoms with Crippen molar-refractivity contribution < 1.29 is 9.47 Å². The first-order valence-electron chi connectivity index (χ1n) is 7.72. The van der Waals surface area contributed by atoms with Gasteiger partial charge in [-0.1, -0.05) is 163 Å². The van der Waals surface area contributed by atoms with Crippen LogP contribution >= 0.6 is 143 Å². The molecule has 150 valence electrons. The molecule has 11 heteroatoms. The molecular weight excluding hydrogens is 919 g/mol. The van der Waals surface area contributed by atoms with Crippen LogP contribution in [0.15, 0.2) is 0 Å². The first-order valence-corrected chi connectivity index (χ1v) is 14.9. The lowest BCUT2D eigenvalue weighted by Crippen LogP contribution is -2.57. The number of halogens is 9. The lowest BCUT2D eigenvalue weighted by molar-refractivity contribution is -0.121. The van der Waals surface area contributed by atoms with E-state index in [1.54, 1.807) is 0 Å². The molecule has 1 saturated heterocycles. The van der Waals surface area contributed by atoms with Gasteiger partial charge in [-0.3, -0.25) is 0 Å². The molecule has 0 aliphatic carbocycles. The predicted molar refractivity (Wildman–Crippen MR) is 139 cm³/mol. The molecule has 2 nitrogen and oxygen atoms in total. The zero-order valence-electron chi connectivity index (χ0n) is 13.3. The van der Waals surface area contributed by atoms with Crippen LogP contribution in [-0.2, 0) is 9.47 Å². The van der Waals surface area contributed by atoms with Crippen molar-refractivity contribution in [2.45, 2.75) is 57.2 Å². The predicted octanol–water partition coefficient (Wildman–Crippen LogP) is 9.24. The van der Waals surface area contributed by atoms with Gasteiger partial charge in [0.1, 0.15) is 9.70 Å². The van der Waals surface area contributed by atoms with Crippen LogP contribution in [0.4, 0.5) is 0 Å². The minimum Gasteiger partial charge on any atom is -0.353 e. The van der Waals surface area contributed by atoms with Gasteiger partial charge in [-0.25, -0.2) is 0 Å². The molecule has 0 saturated carbocycles. The summed E-state index contributed by atoms with van der Waals surface area (Å²) in [6.07, 6.45) is 5.14. The van der Waals surface area contributed by atoms with Gasteiger partial charge >= 0.3 is 0 Å². The standard InChI is InChI=1S/C14H19Br9O2/c1-2-3-5-9(8-25-10-6-4-7-24-10)11(15,16)12(17,18)13(19,20)14(21,22)23/h9-10H,2-8H2,1H3. The van der Waals surface area contributed by atoms with Crippen molar-refractivity contribution in [2.75, 3.05) is 13.2 Å². The minimum atomic E-state index is -0.679. The quantitative estimate of drug-likeness (QED) is 0.215. The van der Waals surface area contributed by atoms with E-state index in [1.165, 1.54) is 0 Å². The number of unbranched alkanes of at least 4 members (excludes halogenated alkanes) is 1. The average molecular weight is 938 g/mol. The Morgan fingerprint density at radius 2 is 1.60 bits per heavy atom. The highest BCUT2D eigenvalue weighted by molar-refractivity contribution is 9.42. The Morgan fingerprint density at radius 1 is 1.00 bits per heavy atom. The molecule has 1 heterocycles. The highest BCUT2D eigenvalue weighted by atomic mass is 80.0. The Balaban J connectivity index is 3.02. The highest BCUT2D eigenvalue weighted by Crippen LogP contribution is 2.70. The maximum atomic E-state index is 6.05. The van der Waals surface area contributed by atoms with Crippen LogP contribution < -0.4 is 0 Å². The number of rotatable bonds is 9. The maximum absolute atomic E-state index is 6.05. The molecule has 0 radical (unpaired) electrons. The summed E-state index contributed by atoms with van der Waals surface area (Å²) in [5.41, 5.74) is 0. The third kappa shape index (κ3) is 6.86. The van der Waals surface area contributed by atoms with E-state index in [9.17, 15) is 0 Å². The molecule has 1 aliphatic rings. The molecular formula is C14H19Br9O2. The van der Waals surface area contributed by atoms with Crippen molar-refractivity contribution in [1.29, 1.82) is 0 Å². The maximum Gasteiger partial charge on any atom is 0.162 e. The molecule has 0 bridgehead atoms. The summed E-state index contributed by atoms with van der Waals surface area (Å²) in [7, 11) is 0. The number of hydrogen-bond acceptors (Lipinski definition) is 2. The zero-order chi connectivity index (χ0) is 19.5. The van der Waals surface area contributed by atoms with Crippen LogP contribution in [0, 0.1) is 5.92 Å². The van der Waals surface area contributed by atoms with Crippen LogP contribution in [-0.4, -0.2) is 31.3 Å². The molecule has 25 heavy (non-hydrogen) atoms. The van der Waals surface area contributed by atoms with Crippen molar-refractivity contribution in [3.05, 3.63) is 0 Å². The normalized spacial score (nSPS) is 21.6. The van der Waals surface area contributed by atoms with Crippen molar-refractivity contribution >= 4 is 143 Å². The summed E-state index contributed by atoms with van der Waals surface area (Å²) < 4.78 is 9.13. The van der Waals surface area contributed by atoms with E-state index >= 15 is 0 Å². The smallest absolute Gasteiger partial charge is 0.162 e. The van der Waals surface area contributed by atoms with Gasteiger partial charge in [0.25, 0.3) is 0 Å². The third-order valence-electron chi connectivity index (χ3n) is 3.96. The summed E-state index contributed by atoms with van der Waals surface area (Å²) in [6, 6.07) is 0. The summed E-state index contributed by atoms with van der Waals surface area (Å²) >= 11 is 33.9. The van der Waals surface area contributed by atoms with E-state index in [-0.39, 0.29) is 12.2 Å². The van der Waals surface area contributed by atoms with Crippen LogP contribution in [0.2, 0.25) is 0 Å². The Bertz CT molecular complexity index is 417. The Morgan fingerprint density at radius 3 is 2.04 bits per heavy atom. The van der Waals surface area contributed by atoms with Gasteiger partial charge < -0.3 is 9.47 Å². The van der Waals surface area contributed by atoms with Crippen molar-refractivity contribution in [1.82, 2.24) is 0 Å². The molecule has 1 aliphatic heterocycles. The van der Waals surface area contributed by atoms with E-state index in [0.29, 0.717) is 6.61 Å². The largest absolute Gasteiger partial charge is 0.353 e. The topological polar surface area (TPSA) is 18.5 Å². The molecule has 0 aromatic rings. The third-order valence-corrected chi connectivity index (χ3v) is 20.5.